The van der Waals surface area contributed by atoms with E-state index in [2.05, 4.69) is 15.6 Å². The van der Waals surface area contributed by atoms with Gasteiger partial charge in [0.2, 0.25) is 5.91 Å². The van der Waals surface area contributed by atoms with Gasteiger partial charge < -0.3 is 16.4 Å². The molecule has 25 heavy (non-hydrogen) atoms. The topological polar surface area (TPSA) is 79.5 Å². The predicted molar refractivity (Wildman–Crippen MR) is 98.0 cm³/mol. The summed E-state index contributed by atoms with van der Waals surface area (Å²) in [6.07, 6.45) is 0.768. The highest BCUT2D eigenvalue weighted by molar-refractivity contribution is 5.92. The monoisotopic (exact) mass is 342 g/mol. The Kier molecular flexibility index (Phi) is 6.51. The van der Waals surface area contributed by atoms with Crippen LogP contribution in [0, 0.1) is 12.7 Å². The summed E-state index contributed by atoms with van der Waals surface area (Å²) < 4.78 is 13.1. The van der Waals surface area contributed by atoms with E-state index in [9.17, 15) is 9.18 Å². The maximum Gasteiger partial charge on any atom is 0.248 e. The van der Waals surface area contributed by atoms with Crippen molar-refractivity contribution in [3.63, 3.8) is 0 Å². The van der Waals surface area contributed by atoms with Crippen LogP contribution in [0.4, 0.5) is 4.39 Å². The molecule has 6 heteroatoms. The van der Waals surface area contributed by atoms with Crippen molar-refractivity contribution in [3.8, 4) is 0 Å². The Morgan fingerprint density at radius 1 is 1.20 bits per heavy atom. The molecular formula is C19H23FN4O. The van der Waals surface area contributed by atoms with Gasteiger partial charge in [0.25, 0.3) is 0 Å². The van der Waals surface area contributed by atoms with Crippen LogP contribution in [0.2, 0.25) is 0 Å². The number of guanidine groups is 1. The Labute approximate surface area is 147 Å². The van der Waals surface area contributed by atoms with Crippen molar-refractivity contribution in [3.05, 3.63) is 70.5 Å². The molecule has 0 radical (unpaired) electrons. The average Bonchev–Trinajstić information content (AvgIpc) is 2.59. The first-order valence-electron chi connectivity index (χ1n) is 8.08. The Balaban J connectivity index is 1.84. The van der Waals surface area contributed by atoms with Crippen molar-refractivity contribution >= 4 is 11.9 Å². The van der Waals surface area contributed by atoms with Crippen LogP contribution in [0.3, 0.4) is 0 Å². The molecule has 0 heterocycles. The lowest BCUT2D eigenvalue weighted by Gasteiger charge is -2.13. The molecule has 0 spiro atoms. The van der Waals surface area contributed by atoms with Gasteiger partial charge in [0.05, 0.1) is 0 Å². The highest BCUT2D eigenvalue weighted by Gasteiger charge is 2.04. The normalized spacial score (nSPS) is 11.2. The Morgan fingerprint density at radius 3 is 2.68 bits per heavy atom. The molecule has 0 saturated carbocycles. The van der Waals surface area contributed by atoms with Gasteiger partial charge in [-0.25, -0.2) is 4.39 Å². The maximum atomic E-state index is 13.1. The molecule has 0 saturated heterocycles. The van der Waals surface area contributed by atoms with Gasteiger partial charge in [0.1, 0.15) is 5.82 Å². The summed E-state index contributed by atoms with van der Waals surface area (Å²) in [6, 6.07) is 12.0. The van der Waals surface area contributed by atoms with E-state index in [1.165, 1.54) is 12.1 Å². The number of aryl methyl sites for hydroxylation is 1. The van der Waals surface area contributed by atoms with Crippen molar-refractivity contribution in [1.29, 1.82) is 0 Å². The van der Waals surface area contributed by atoms with E-state index in [4.69, 9.17) is 5.73 Å². The molecule has 4 N–H and O–H groups in total. The fourth-order valence-electron chi connectivity index (χ4n) is 2.50. The van der Waals surface area contributed by atoms with Gasteiger partial charge in [-0.1, -0.05) is 18.2 Å². The smallest absolute Gasteiger partial charge is 0.248 e. The molecule has 132 valence electrons. The van der Waals surface area contributed by atoms with Crippen molar-refractivity contribution in [2.75, 3.05) is 13.6 Å². The highest BCUT2D eigenvalue weighted by atomic mass is 19.1. The summed E-state index contributed by atoms with van der Waals surface area (Å²) in [5.41, 5.74) is 8.74. The van der Waals surface area contributed by atoms with Crippen LogP contribution in [0.15, 0.2) is 47.5 Å². The number of nitrogens with one attached hydrogen (secondary N) is 2. The molecule has 0 atom stereocenters. The third-order valence-corrected chi connectivity index (χ3v) is 3.89. The zero-order chi connectivity index (χ0) is 18.2. The summed E-state index contributed by atoms with van der Waals surface area (Å²) in [6.45, 7) is 3.10. The lowest BCUT2D eigenvalue weighted by molar-refractivity contribution is 0.1000. The van der Waals surface area contributed by atoms with E-state index in [1.807, 2.05) is 13.0 Å². The minimum atomic E-state index is -0.445. The molecule has 0 bridgehead atoms. The first-order chi connectivity index (χ1) is 12.0. The predicted octanol–water partition coefficient (Wildman–Crippen LogP) is 2.14. The van der Waals surface area contributed by atoms with E-state index < -0.39 is 5.91 Å². The van der Waals surface area contributed by atoms with E-state index >= 15 is 0 Å². The summed E-state index contributed by atoms with van der Waals surface area (Å²) >= 11 is 0. The van der Waals surface area contributed by atoms with Gasteiger partial charge in [-0.3, -0.25) is 9.79 Å². The molecule has 0 aromatic heterocycles. The van der Waals surface area contributed by atoms with Crippen LogP contribution in [-0.2, 0) is 13.0 Å². The number of hydrogen-bond acceptors (Lipinski definition) is 2. The first kappa shape index (κ1) is 18.4. The number of rotatable bonds is 6. The summed E-state index contributed by atoms with van der Waals surface area (Å²) in [4.78, 5) is 15.4. The number of amides is 1. The molecule has 2 aromatic rings. The number of nitrogens with two attached hydrogens (primary N) is 1. The van der Waals surface area contributed by atoms with E-state index in [0.717, 1.165) is 23.1 Å². The Hall–Kier alpha value is -2.89. The number of nitrogens with zero attached hydrogens (tertiary/aromatic N) is 1. The molecule has 0 aliphatic rings. The van der Waals surface area contributed by atoms with Crippen molar-refractivity contribution in [2.24, 2.45) is 10.7 Å². The highest BCUT2D eigenvalue weighted by Crippen LogP contribution is 2.10. The minimum Gasteiger partial charge on any atom is -0.366 e. The number of aliphatic imine (C=N–C) groups is 1. The van der Waals surface area contributed by atoms with Crippen molar-refractivity contribution in [2.45, 2.75) is 19.9 Å². The van der Waals surface area contributed by atoms with Gasteiger partial charge in [-0.15, -0.1) is 0 Å². The molecule has 0 aliphatic carbocycles. The van der Waals surface area contributed by atoms with Crippen LogP contribution >= 0.6 is 0 Å². The van der Waals surface area contributed by atoms with Crippen molar-refractivity contribution in [1.82, 2.24) is 10.6 Å². The number of benzene rings is 2. The maximum absolute atomic E-state index is 13.1. The number of carbonyl (C=O) groups excluding carboxylic acids is 1. The molecule has 2 rings (SSSR count). The zero-order valence-corrected chi connectivity index (χ0v) is 14.5. The average molecular weight is 342 g/mol. The van der Waals surface area contributed by atoms with E-state index in [-0.39, 0.29) is 5.82 Å². The summed E-state index contributed by atoms with van der Waals surface area (Å²) in [5.74, 6) is -0.00635. The molecular weight excluding hydrogens is 319 g/mol. The van der Waals surface area contributed by atoms with Crippen LogP contribution < -0.4 is 16.4 Å². The lowest BCUT2D eigenvalue weighted by atomic mass is 10.1. The zero-order valence-electron chi connectivity index (χ0n) is 14.5. The Bertz CT molecular complexity index is 774. The van der Waals surface area contributed by atoms with E-state index in [1.54, 1.807) is 31.3 Å². The number of halogens is 1. The summed E-state index contributed by atoms with van der Waals surface area (Å²) in [7, 11) is 1.69. The second kappa shape index (κ2) is 8.82. The molecule has 0 unspecified atom stereocenters. The van der Waals surface area contributed by atoms with Gasteiger partial charge >= 0.3 is 0 Å². The molecule has 0 fully saturated rings. The molecule has 0 aliphatic heterocycles. The van der Waals surface area contributed by atoms with Crippen LogP contribution in [0.1, 0.15) is 27.0 Å². The lowest BCUT2D eigenvalue weighted by Crippen LogP contribution is -2.37. The van der Waals surface area contributed by atoms with Crippen LogP contribution in [-0.4, -0.2) is 25.5 Å². The quantitative estimate of drug-likeness (QED) is 0.556. The summed E-state index contributed by atoms with van der Waals surface area (Å²) in [5, 5.41) is 6.41. The molecule has 2 aromatic carbocycles. The largest absolute Gasteiger partial charge is 0.366 e. The van der Waals surface area contributed by atoms with Crippen LogP contribution in [0.25, 0.3) is 0 Å². The second-order valence-electron chi connectivity index (χ2n) is 5.74. The number of hydrogen-bond donors (Lipinski definition) is 3. The van der Waals surface area contributed by atoms with Gasteiger partial charge in [0, 0.05) is 25.7 Å². The van der Waals surface area contributed by atoms with Gasteiger partial charge in [-0.2, -0.15) is 0 Å². The third kappa shape index (κ3) is 5.60. The van der Waals surface area contributed by atoms with Crippen molar-refractivity contribution < 1.29 is 9.18 Å². The Morgan fingerprint density at radius 2 is 2.00 bits per heavy atom. The molecule has 5 nitrogen and oxygen atoms in total. The van der Waals surface area contributed by atoms with Crippen LogP contribution in [0.5, 0.6) is 0 Å². The minimum absolute atomic E-state index is 0.218. The van der Waals surface area contributed by atoms with E-state index in [0.29, 0.717) is 24.6 Å². The third-order valence-electron chi connectivity index (χ3n) is 3.89. The second-order valence-corrected chi connectivity index (χ2v) is 5.74. The number of primary amides is 1. The first-order valence-corrected chi connectivity index (χ1v) is 8.08. The molecule has 1 amide bonds. The number of carbonyl (C=O) groups is 1. The van der Waals surface area contributed by atoms with Gasteiger partial charge in [-0.05, 0) is 54.3 Å². The fraction of sp³-hybridized carbons (Fsp3) is 0.263. The van der Waals surface area contributed by atoms with Gasteiger partial charge in [0.15, 0.2) is 5.96 Å². The fourth-order valence-corrected chi connectivity index (χ4v) is 2.50. The SMILES string of the molecule is CN=C(NCCc1ccc(F)cc1C)NCc1cccc(C(N)=O)c1. The standard InChI is InChI=1S/C19H23FN4O/c1-13-10-17(20)7-6-15(13)8-9-23-19(22-2)24-12-14-4-3-5-16(11-14)18(21)25/h3-7,10-11H,8-9,12H2,1-2H3,(H2,21,25)(H2,22,23,24).